The minimum atomic E-state index is -1.05. The molecule has 0 aliphatic heterocycles. The van der Waals surface area contributed by atoms with Gasteiger partial charge in [-0.1, -0.05) is 19.8 Å². The maximum absolute atomic E-state index is 12.0. The lowest BCUT2D eigenvalue weighted by atomic mass is 10.1. The molecule has 0 unspecified atom stereocenters. The van der Waals surface area contributed by atoms with Gasteiger partial charge in [0.15, 0.2) is 0 Å². The van der Waals surface area contributed by atoms with E-state index >= 15 is 0 Å². The second kappa shape index (κ2) is 9.17. The number of nitrogens with zero attached hydrogens (tertiary/aromatic N) is 2. The van der Waals surface area contributed by atoms with Gasteiger partial charge in [-0.05, 0) is 13.3 Å². The molecule has 7 heteroatoms. The summed E-state index contributed by atoms with van der Waals surface area (Å²) < 4.78 is 0. The van der Waals surface area contributed by atoms with Gasteiger partial charge in [0.1, 0.15) is 12.6 Å². The van der Waals surface area contributed by atoms with Gasteiger partial charge in [0, 0.05) is 20.6 Å². The summed E-state index contributed by atoms with van der Waals surface area (Å²) in [5.41, 5.74) is 0. The van der Waals surface area contributed by atoms with Gasteiger partial charge in [0.05, 0.1) is 0 Å². The van der Waals surface area contributed by atoms with E-state index in [1.807, 2.05) is 6.92 Å². The Morgan fingerprint density at radius 3 is 2.20 bits per heavy atom. The number of rotatable bonds is 8. The largest absolute Gasteiger partial charge is 0.480 e. The van der Waals surface area contributed by atoms with Crippen molar-refractivity contribution in [3.05, 3.63) is 0 Å². The highest BCUT2D eigenvalue weighted by atomic mass is 16.4. The Balaban J connectivity index is 4.58. The normalized spacial score (nSPS) is 11.6. The summed E-state index contributed by atoms with van der Waals surface area (Å²) in [6.07, 6.45) is 1.97. The quantitative estimate of drug-likeness (QED) is 0.689. The van der Waals surface area contributed by atoms with Crippen LogP contribution >= 0.6 is 0 Å². The highest BCUT2D eigenvalue weighted by molar-refractivity contribution is 5.86. The number of hydrogen-bond donors (Lipinski definition) is 2. The van der Waals surface area contributed by atoms with Crippen LogP contribution in [0.2, 0.25) is 0 Å². The minimum Gasteiger partial charge on any atom is -0.480 e. The standard InChI is InChI=1S/C13H25N3O4/c1-5-7-8-10(12(18)19)14-13(20)16(6-2)9-11(17)15(3)4/h10H,5-9H2,1-4H3,(H,14,20)(H,18,19)/t10-/m0/s1. The van der Waals surface area contributed by atoms with Gasteiger partial charge >= 0.3 is 12.0 Å². The number of nitrogens with one attached hydrogen (secondary N) is 1. The van der Waals surface area contributed by atoms with E-state index < -0.39 is 18.0 Å². The van der Waals surface area contributed by atoms with Crippen LogP contribution in [0.5, 0.6) is 0 Å². The second-order valence-electron chi connectivity index (χ2n) is 4.78. The Bertz CT molecular complexity index is 345. The third-order valence-electron chi connectivity index (χ3n) is 2.94. The molecule has 0 radical (unpaired) electrons. The molecule has 1 atom stereocenters. The van der Waals surface area contributed by atoms with Crippen LogP contribution in [0.1, 0.15) is 33.1 Å². The van der Waals surface area contributed by atoms with Crippen LogP contribution in [0.4, 0.5) is 4.79 Å². The van der Waals surface area contributed by atoms with Gasteiger partial charge in [-0.2, -0.15) is 0 Å². The molecular formula is C13H25N3O4. The molecule has 2 N–H and O–H groups in total. The van der Waals surface area contributed by atoms with E-state index in [-0.39, 0.29) is 12.5 Å². The maximum atomic E-state index is 12.0. The third-order valence-corrected chi connectivity index (χ3v) is 2.94. The molecule has 7 nitrogen and oxygen atoms in total. The molecule has 0 saturated heterocycles. The summed E-state index contributed by atoms with van der Waals surface area (Å²) in [5.74, 6) is -1.26. The molecule has 0 rings (SSSR count). The fraction of sp³-hybridized carbons (Fsp3) is 0.769. The first-order valence-electron chi connectivity index (χ1n) is 6.81. The van der Waals surface area contributed by atoms with Crippen LogP contribution < -0.4 is 5.32 Å². The number of unbranched alkanes of at least 4 members (excludes halogenated alkanes) is 1. The molecule has 0 aromatic carbocycles. The highest BCUT2D eigenvalue weighted by Gasteiger charge is 2.23. The number of hydrogen-bond acceptors (Lipinski definition) is 3. The predicted molar refractivity (Wildman–Crippen MR) is 75.4 cm³/mol. The van der Waals surface area contributed by atoms with E-state index in [4.69, 9.17) is 5.11 Å². The van der Waals surface area contributed by atoms with Crippen molar-refractivity contribution < 1.29 is 19.5 Å². The van der Waals surface area contributed by atoms with Crippen LogP contribution in [-0.4, -0.2) is 66.0 Å². The average Bonchev–Trinajstić information content (AvgIpc) is 2.39. The molecule has 0 aromatic rings. The zero-order valence-electron chi connectivity index (χ0n) is 12.7. The van der Waals surface area contributed by atoms with Crippen molar-refractivity contribution >= 4 is 17.9 Å². The maximum Gasteiger partial charge on any atom is 0.326 e. The number of carbonyl (C=O) groups is 3. The molecule has 20 heavy (non-hydrogen) atoms. The SMILES string of the molecule is CCCC[C@H](NC(=O)N(CC)CC(=O)N(C)C)C(=O)O. The van der Waals surface area contributed by atoms with Crippen molar-refractivity contribution in [1.82, 2.24) is 15.1 Å². The summed E-state index contributed by atoms with van der Waals surface area (Å²) in [7, 11) is 3.21. The van der Waals surface area contributed by atoms with Crippen molar-refractivity contribution in [3.8, 4) is 0 Å². The zero-order valence-corrected chi connectivity index (χ0v) is 12.7. The van der Waals surface area contributed by atoms with Gasteiger partial charge in [0.2, 0.25) is 5.91 Å². The van der Waals surface area contributed by atoms with Gasteiger partial charge in [0.25, 0.3) is 0 Å². The molecule has 0 bridgehead atoms. The number of likely N-dealkylation sites (N-methyl/N-ethyl adjacent to an activating group) is 2. The average molecular weight is 287 g/mol. The molecule has 0 fully saturated rings. The van der Waals surface area contributed by atoms with Crippen molar-refractivity contribution in [2.45, 2.75) is 39.2 Å². The number of urea groups is 1. The van der Waals surface area contributed by atoms with Crippen LogP contribution in [0.25, 0.3) is 0 Å². The molecule has 0 aliphatic rings. The van der Waals surface area contributed by atoms with Gasteiger partial charge < -0.3 is 20.2 Å². The lowest BCUT2D eigenvalue weighted by Crippen LogP contribution is -2.50. The number of amides is 3. The lowest BCUT2D eigenvalue weighted by molar-refractivity contribution is -0.139. The summed E-state index contributed by atoms with van der Waals surface area (Å²) in [6, 6.07) is -1.43. The topological polar surface area (TPSA) is 90.0 Å². The second-order valence-corrected chi connectivity index (χ2v) is 4.78. The fourth-order valence-corrected chi connectivity index (χ4v) is 1.54. The predicted octanol–water partition coefficient (Wildman–Crippen LogP) is 0.750. The number of carboxylic acids is 1. The zero-order chi connectivity index (χ0) is 15.7. The number of carboxylic acid groups (broad SMARTS) is 1. The van der Waals surface area contributed by atoms with E-state index in [9.17, 15) is 14.4 Å². The summed E-state index contributed by atoms with van der Waals surface area (Å²) in [4.78, 5) is 37.3. The first kappa shape index (κ1) is 18.2. The van der Waals surface area contributed by atoms with Crippen LogP contribution in [0.3, 0.4) is 0 Å². The van der Waals surface area contributed by atoms with E-state index in [2.05, 4.69) is 5.32 Å². The van der Waals surface area contributed by atoms with E-state index in [0.717, 1.165) is 12.8 Å². The van der Waals surface area contributed by atoms with Crippen LogP contribution in [-0.2, 0) is 9.59 Å². The molecule has 0 heterocycles. The molecule has 116 valence electrons. The van der Waals surface area contributed by atoms with Crippen molar-refractivity contribution in [2.24, 2.45) is 0 Å². The third kappa shape index (κ3) is 6.40. The van der Waals surface area contributed by atoms with Crippen molar-refractivity contribution in [1.29, 1.82) is 0 Å². The Morgan fingerprint density at radius 1 is 1.20 bits per heavy atom. The fourth-order valence-electron chi connectivity index (χ4n) is 1.54. The van der Waals surface area contributed by atoms with Gasteiger partial charge in [-0.25, -0.2) is 9.59 Å². The molecule has 0 aromatic heterocycles. The molecular weight excluding hydrogens is 262 g/mol. The highest BCUT2D eigenvalue weighted by Crippen LogP contribution is 2.02. The molecule has 0 saturated carbocycles. The Labute approximate surface area is 119 Å². The lowest BCUT2D eigenvalue weighted by Gasteiger charge is -2.24. The van der Waals surface area contributed by atoms with Crippen molar-refractivity contribution in [3.63, 3.8) is 0 Å². The van der Waals surface area contributed by atoms with Crippen LogP contribution in [0.15, 0.2) is 0 Å². The van der Waals surface area contributed by atoms with Crippen molar-refractivity contribution in [2.75, 3.05) is 27.2 Å². The Hall–Kier alpha value is -1.79. The Kier molecular flexibility index (Phi) is 8.35. The first-order valence-corrected chi connectivity index (χ1v) is 6.81. The smallest absolute Gasteiger partial charge is 0.326 e. The number of aliphatic carboxylic acids is 1. The Morgan fingerprint density at radius 2 is 1.80 bits per heavy atom. The molecule has 3 amide bonds. The number of carbonyl (C=O) groups excluding carboxylic acids is 2. The summed E-state index contributed by atoms with van der Waals surface area (Å²) in [6.45, 7) is 3.97. The monoisotopic (exact) mass is 287 g/mol. The van der Waals surface area contributed by atoms with E-state index in [1.54, 1.807) is 21.0 Å². The summed E-state index contributed by atoms with van der Waals surface area (Å²) >= 11 is 0. The van der Waals surface area contributed by atoms with Gasteiger partial charge in [-0.15, -0.1) is 0 Å². The summed E-state index contributed by atoms with van der Waals surface area (Å²) in [5, 5.41) is 11.5. The van der Waals surface area contributed by atoms with E-state index in [1.165, 1.54) is 9.80 Å². The van der Waals surface area contributed by atoms with E-state index in [0.29, 0.717) is 13.0 Å². The molecule has 0 aliphatic carbocycles. The molecule has 0 spiro atoms. The minimum absolute atomic E-state index is 0.0601. The first-order chi connectivity index (χ1) is 9.33. The van der Waals surface area contributed by atoms with Crippen LogP contribution in [0, 0.1) is 0 Å². The van der Waals surface area contributed by atoms with Gasteiger partial charge in [-0.3, -0.25) is 4.79 Å².